The SMILES string of the molecule is COc1ccc(NC(=O)NC(C)Oc2ccc(C(C)C)cc2)cc1Cl. The second kappa shape index (κ2) is 8.62. The minimum absolute atomic E-state index is 0.382. The molecule has 6 heteroatoms. The van der Waals surface area contributed by atoms with Gasteiger partial charge in [-0.1, -0.05) is 37.6 Å². The number of amides is 2. The summed E-state index contributed by atoms with van der Waals surface area (Å²) in [6.07, 6.45) is -0.487. The first kappa shape index (κ1) is 18.9. The Bertz CT molecular complexity index is 717. The summed E-state index contributed by atoms with van der Waals surface area (Å²) < 4.78 is 10.8. The maximum absolute atomic E-state index is 12.0. The average Bonchev–Trinajstić information content (AvgIpc) is 2.55. The van der Waals surface area contributed by atoms with Crippen LogP contribution >= 0.6 is 11.6 Å². The zero-order valence-corrected chi connectivity index (χ0v) is 15.6. The molecule has 0 saturated heterocycles. The molecule has 0 aliphatic rings. The van der Waals surface area contributed by atoms with Crippen LogP contribution in [0.1, 0.15) is 32.3 Å². The molecule has 25 heavy (non-hydrogen) atoms. The average molecular weight is 363 g/mol. The third-order valence-corrected chi connectivity index (χ3v) is 3.90. The molecule has 2 rings (SSSR count). The quantitative estimate of drug-likeness (QED) is 0.709. The maximum Gasteiger partial charge on any atom is 0.322 e. The van der Waals surface area contributed by atoms with Gasteiger partial charge in [-0.05, 0) is 48.7 Å². The van der Waals surface area contributed by atoms with Gasteiger partial charge in [-0.25, -0.2) is 4.79 Å². The topological polar surface area (TPSA) is 59.6 Å². The lowest BCUT2D eigenvalue weighted by molar-refractivity contribution is 0.183. The number of carbonyl (C=O) groups excluding carboxylic acids is 1. The highest BCUT2D eigenvalue weighted by molar-refractivity contribution is 6.32. The van der Waals surface area contributed by atoms with E-state index in [1.54, 1.807) is 25.1 Å². The number of ether oxygens (including phenoxy) is 2. The van der Waals surface area contributed by atoms with E-state index in [0.717, 1.165) is 0 Å². The van der Waals surface area contributed by atoms with E-state index in [2.05, 4.69) is 24.5 Å². The Kier molecular flexibility index (Phi) is 6.53. The highest BCUT2D eigenvalue weighted by Gasteiger charge is 2.10. The largest absolute Gasteiger partial charge is 0.495 e. The summed E-state index contributed by atoms with van der Waals surface area (Å²) >= 11 is 6.04. The van der Waals surface area contributed by atoms with Crippen molar-refractivity contribution in [1.82, 2.24) is 5.32 Å². The monoisotopic (exact) mass is 362 g/mol. The van der Waals surface area contributed by atoms with E-state index in [0.29, 0.717) is 28.1 Å². The van der Waals surface area contributed by atoms with Crippen LogP contribution in [0.5, 0.6) is 11.5 Å². The molecule has 0 aliphatic heterocycles. The third kappa shape index (κ3) is 5.57. The molecule has 0 bridgehead atoms. The minimum atomic E-state index is -0.487. The molecule has 134 valence electrons. The Balaban J connectivity index is 1.88. The number of urea groups is 1. The maximum atomic E-state index is 12.0. The minimum Gasteiger partial charge on any atom is -0.495 e. The van der Waals surface area contributed by atoms with Crippen LogP contribution in [0.15, 0.2) is 42.5 Å². The van der Waals surface area contributed by atoms with Gasteiger partial charge in [0.1, 0.15) is 11.5 Å². The number of carbonyl (C=O) groups is 1. The lowest BCUT2D eigenvalue weighted by atomic mass is 10.0. The van der Waals surface area contributed by atoms with Crippen molar-refractivity contribution >= 4 is 23.3 Å². The number of hydrogen-bond donors (Lipinski definition) is 2. The molecule has 2 aromatic rings. The van der Waals surface area contributed by atoms with E-state index in [4.69, 9.17) is 21.1 Å². The predicted molar refractivity (Wildman–Crippen MR) is 101 cm³/mol. The fourth-order valence-corrected chi connectivity index (χ4v) is 2.52. The first-order chi connectivity index (χ1) is 11.9. The Morgan fingerprint density at radius 1 is 1.08 bits per heavy atom. The van der Waals surface area contributed by atoms with E-state index >= 15 is 0 Å². The second-order valence-corrected chi connectivity index (χ2v) is 6.34. The molecule has 2 amide bonds. The van der Waals surface area contributed by atoms with Crippen LogP contribution in [0.2, 0.25) is 5.02 Å². The molecule has 2 N–H and O–H groups in total. The fraction of sp³-hybridized carbons (Fsp3) is 0.316. The zero-order valence-electron chi connectivity index (χ0n) is 14.8. The van der Waals surface area contributed by atoms with Gasteiger partial charge in [0.15, 0.2) is 6.23 Å². The number of rotatable bonds is 6. The van der Waals surface area contributed by atoms with Crippen LogP contribution < -0.4 is 20.1 Å². The van der Waals surface area contributed by atoms with Gasteiger partial charge in [-0.3, -0.25) is 0 Å². The molecule has 1 atom stereocenters. The van der Waals surface area contributed by atoms with E-state index < -0.39 is 6.23 Å². The highest BCUT2D eigenvalue weighted by Crippen LogP contribution is 2.27. The van der Waals surface area contributed by atoms with Crippen LogP contribution in [0, 0.1) is 0 Å². The van der Waals surface area contributed by atoms with Gasteiger partial charge in [0.05, 0.1) is 12.1 Å². The van der Waals surface area contributed by atoms with Crippen LogP contribution in [0.3, 0.4) is 0 Å². The number of nitrogens with one attached hydrogen (secondary N) is 2. The van der Waals surface area contributed by atoms with Gasteiger partial charge < -0.3 is 20.1 Å². The van der Waals surface area contributed by atoms with Gasteiger partial charge in [0.25, 0.3) is 0 Å². The van der Waals surface area contributed by atoms with Gasteiger partial charge in [-0.15, -0.1) is 0 Å². The number of anilines is 1. The second-order valence-electron chi connectivity index (χ2n) is 5.93. The summed E-state index contributed by atoms with van der Waals surface area (Å²) in [5, 5.41) is 5.85. The van der Waals surface area contributed by atoms with E-state index in [1.165, 1.54) is 12.7 Å². The van der Waals surface area contributed by atoms with Gasteiger partial charge in [-0.2, -0.15) is 0 Å². The van der Waals surface area contributed by atoms with E-state index in [9.17, 15) is 4.79 Å². The molecule has 1 unspecified atom stereocenters. The van der Waals surface area contributed by atoms with Gasteiger partial charge >= 0.3 is 6.03 Å². The molecule has 0 heterocycles. The molecule has 0 aromatic heterocycles. The summed E-state index contributed by atoms with van der Waals surface area (Å²) in [7, 11) is 1.54. The zero-order chi connectivity index (χ0) is 18.4. The summed E-state index contributed by atoms with van der Waals surface area (Å²) in [5.41, 5.74) is 1.80. The third-order valence-electron chi connectivity index (χ3n) is 3.60. The molecule has 0 fully saturated rings. The van der Waals surface area contributed by atoms with Gasteiger partial charge in [0.2, 0.25) is 0 Å². The molecular formula is C19H23ClN2O3. The number of benzene rings is 2. The van der Waals surface area contributed by atoms with Crippen molar-refractivity contribution in [2.45, 2.75) is 32.9 Å². The Labute approximate surface area is 153 Å². The summed E-state index contributed by atoms with van der Waals surface area (Å²) in [4.78, 5) is 12.0. The molecular weight excluding hydrogens is 340 g/mol. The van der Waals surface area contributed by atoms with Crippen molar-refractivity contribution in [2.75, 3.05) is 12.4 Å². The normalized spacial score (nSPS) is 11.8. The standard InChI is InChI=1S/C19H23ClN2O3/c1-12(2)14-5-8-16(9-6-14)25-13(3)21-19(23)22-15-7-10-18(24-4)17(20)11-15/h5-13H,1-4H3,(H2,21,22,23). The Hall–Kier alpha value is -2.40. The lowest BCUT2D eigenvalue weighted by Crippen LogP contribution is -2.39. The van der Waals surface area contributed by atoms with Crippen LogP contribution in [-0.4, -0.2) is 19.4 Å². The van der Waals surface area contributed by atoms with Crippen molar-refractivity contribution < 1.29 is 14.3 Å². The summed E-state index contributed by atoms with van der Waals surface area (Å²) in [6.45, 7) is 6.03. The summed E-state index contributed by atoms with van der Waals surface area (Å²) in [6, 6.07) is 12.5. The molecule has 0 aliphatic carbocycles. The van der Waals surface area contributed by atoms with E-state index in [1.807, 2.05) is 24.3 Å². The number of methoxy groups -OCH3 is 1. The lowest BCUT2D eigenvalue weighted by Gasteiger charge is -2.17. The van der Waals surface area contributed by atoms with Crippen molar-refractivity contribution in [3.63, 3.8) is 0 Å². The fourth-order valence-electron chi connectivity index (χ4n) is 2.26. The molecule has 0 spiro atoms. The van der Waals surface area contributed by atoms with Crippen molar-refractivity contribution in [3.05, 3.63) is 53.1 Å². The molecule has 0 saturated carbocycles. The summed E-state index contributed by atoms with van der Waals surface area (Å²) in [5.74, 6) is 1.71. The van der Waals surface area contributed by atoms with Gasteiger partial charge in [0, 0.05) is 5.69 Å². The molecule has 0 radical (unpaired) electrons. The highest BCUT2D eigenvalue weighted by atomic mass is 35.5. The van der Waals surface area contributed by atoms with Crippen LogP contribution in [0.25, 0.3) is 0 Å². The Morgan fingerprint density at radius 3 is 2.32 bits per heavy atom. The smallest absolute Gasteiger partial charge is 0.322 e. The van der Waals surface area contributed by atoms with Crippen molar-refractivity contribution in [3.8, 4) is 11.5 Å². The van der Waals surface area contributed by atoms with Crippen molar-refractivity contribution in [2.24, 2.45) is 0 Å². The number of halogens is 1. The van der Waals surface area contributed by atoms with Crippen LogP contribution in [0.4, 0.5) is 10.5 Å². The molecule has 5 nitrogen and oxygen atoms in total. The van der Waals surface area contributed by atoms with Crippen LogP contribution in [-0.2, 0) is 0 Å². The first-order valence-corrected chi connectivity index (χ1v) is 8.44. The van der Waals surface area contributed by atoms with E-state index in [-0.39, 0.29) is 6.03 Å². The predicted octanol–water partition coefficient (Wildman–Crippen LogP) is 5.02. The Morgan fingerprint density at radius 2 is 1.76 bits per heavy atom. The number of hydrogen-bond acceptors (Lipinski definition) is 3. The van der Waals surface area contributed by atoms with Crippen molar-refractivity contribution in [1.29, 1.82) is 0 Å². The molecule has 2 aromatic carbocycles. The first-order valence-electron chi connectivity index (χ1n) is 8.06.